The van der Waals surface area contributed by atoms with Gasteiger partial charge in [-0.2, -0.15) is 0 Å². The number of nitrogens with one attached hydrogen (secondary N) is 2. The van der Waals surface area contributed by atoms with E-state index >= 15 is 0 Å². The van der Waals surface area contributed by atoms with Crippen LogP contribution in [0.15, 0.2) is 195 Å². The molecule has 11 heteroatoms. The van der Waals surface area contributed by atoms with E-state index in [9.17, 15) is 5.11 Å². The lowest BCUT2D eigenvalue weighted by Gasteiger charge is -2.37. The molecule has 9 nitrogen and oxygen atoms in total. The van der Waals surface area contributed by atoms with Crippen LogP contribution in [-0.4, -0.2) is 60.1 Å². The summed E-state index contributed by atoms with van der Waals surface area (Å²) in [6, 6.07) is 60.9. The second-order valence-corrected chi connectivity index (χ2v) is 16.3. The van der Waals surface area contributed by atoms with Crippen LogP contribution in [0, 0.1) is 0 Å². The van der Waals surface area contributed by atoms with Gasteiger partial charge >= 0.3 is 0 Å². The number of fused-ring (bicyclic) bond motifs is 1. The van der Waals surface area contributed by atoms with Crippen LogP contribution in [0.5, 0.6) is 0 Å². The molecular formula is C50H44N6O3S2. The van der Waals surface area contributed by atoms with Gasteiger partial charge in [0.05, 0.1) is 19.0 Å². The molecule has 304 valence electrons. The fourth-order valence-corrected chi connectivity index (χ4v) is 8.94. The number of hydrogen-bond acceptors (Lipinski definition) is 9. The molecule has 4 atom stereocenters. The third-order valence-corrected chi connectivity index (χ3v) is 12.5. The summed E-state index contributed by atoms with van der Waals surface area (Å²) in [6.45, 7) is 0.100. The molecule has 0 radical (unpaired) electrons. The van der Waals surface area contributed by atoms with Crippen molar-refractivity contribution >= 4 is 45.3 Å². The highest BCUT2D eigenvalue weighted by molar-refractivity contribution is 8.22. The number of thiocarbonyl (C=S) groups is 1. The first-order chi connectivity index (χ1) is 30.0. The Hall–Kier alpha value is -6.21. The Labute approximate surface area is 364 Å². The minimum absolute atomic E-state index is 0.100. The van der Waals surface area contributed by atoms with Crippen LogP contribution in [0.1, 0.15) is 39.6 Å². The van der Waals surface area contributed by atoms with E-state index in [-0.39, 0.29) is 6.61 Å². The van der Waals surface area contributed by atoms with Gasteiger partial charge in [0.25, 0.3) is 0 Å². The van der Waals surface area contributed by atoms with Gasteiger partial charge in [-0.05, 0) is 39.6 Å². The molecule has 1 fully saturated rings. The van der Waals surface area contributed by atoms with E-state index in [1.165, 1.54) is 18.1 Å². The van der Waals surface area contributed by atoms with Crippen LogP contribution in [0.4, 0.5) is 5.82 Å². The van der Waals surface area contributed by atoms with E-state index in [4.69, 9.17) is 36.6 Å². The van der Waals surface area contributed by atoms with E-state index in [2.05, 4.69) is 83.4 Å². The maximum absolute atomic E-state index is 12.3. The minimum Gasteiger partial charge on any atom is -0.386 e. The van der Waals surface area contributed by atoms with Gasteiger partial charge in [0.2, 0.25) is 0 Å². The van der Waals surface area contributed by atoms with Gasteiger partial charge in [0, 0.05) is 0 Å². The van der Waals surface area contributed by atoms with Crippen molar-refractivity contribution in [3.05, 3.63) is 228 Å². The van der Waals surface area contributed by atoms with E-state index < -0.39 is 35.6 Å². The number of rotatable bonds is 13. The second kappa shape index (κ2) is 17.8. The number of aromatic nitrogens is 4. The number of ether oxygens (including phenoxy) is 2. The Bertz CT molecular complexity index is 2480. The first-order valence-corrected chi connectivity index (χ1v) is 21.8. The molecule has 1 aliphatic rings. The number of aliphatic hydroxyl groups excluding tert-OH is 1. The molecule has 0 amide bonds. The molecule has 1 aliphatic heterocycles. The molecule has 0 spiro atoms. The molecule has 3 heterocycles. The smallest absolute Gasteiger partial charge is 0.167 e. The van der Waals surface area contributed by atoms with Gasteiger partial charge in [-0.3, -0.25) is 4.57 Å². The summed E-state index contributed by atoms with van der Waals surface area (Å²) in [5, 5.41) is 19.5. The van der Waals surface area contributed by atoms with Crippen molar-refractivity contribution in [1.29, 1.82) is 0 Å². The zero-order chi connectivity index (χ0) is 41.7. The number of hydrogen-bond donors (Lipinski definition) is 3. The zero-order valence-corrected chi connectivity index (χ0v) is 35.0. The zero-order valence-electron chi connectivity index (χ0n) is 33.4. The van der Waals surface area contributed by atoms with Crippen molar-refractivity contribution < 1.29 is 14.6 Å². The van der Waals surface area contributed by atoms with Gasteiger partial charge in [0.1, 0.15) is 34.0 Å². The predicted octanol–water partition coefficient (Wildman–Crippen LogP) is 9.10. The molecule has 3 N–H and O–H groups in total. The minimum atomic E-state index is -1.07. The first-order valence-electron chi connectivity index (χ1n) is 20.1. The second-order valence-electron chi connectivity index (χ2n) is 14.8. The van der Waals surface area contributed by atoms with E-state index in [0.29, 0.717) is 21.3 Å². The van der Waals surface area contributed by atoms with Crippen molar-refractivity contribution in [2.24, 2.45) is 0 Å². The largest absolute Gasteiger partial charge is 0.386 e. The van der Waals surface area contributed by atoms with Gasteiger partial charge in [-0.25, -0.2) is 15.0 Å². The van der Waals surface area contributed by atoms with Crippen LogP contribution >= 0.6 is 24.0 Å². The SMILES string of the molecule is CSC(=S)NC1C(COC(c2ccccc2)(c2ccccc2)c2ccccc2)OC(n2cnc3c(NC(c4ccccc4)(c4ccccc4)c4ccccc4)ncnc32)C1O. The van der Waals surface area contributed by atoms with Crippen molar-refractivity contribution in [1.82, 2.24) is 24.8 Å². The Kier molecular flexibility index (Phi) is 11.7. The van der Waals surface area contributed by atoms with Crippen molar-refractivity contribution in [2.75, 3.05) is 18.2 Å². The Balaban J connectivity index is 1.10. The fourth-order valence-electron chi connectivity index (χ4n) is 8.55. The molecule has 4 unspecified atom stereocenters. The van der Waals surface area contributed by atoms with Crippen LogP contribution in [0.3, 0.4) is 0 Å². The summed E-state index contributed by atoms with van der Waals surface area (Å²) >= 11 is 7.08. The molecule has 1 saturated heterocycles. The maximum Gasteiger partial charge on any atom is 0.167 e. The highest BCUT2D eigenvalue weighted by Crippen LogP contribution is 2.43. The van der Waals surface area contributed by atoms with Gasteiger partial charge < -0.3 is 25.2 Å². The summed E-state index contributed by atoms with van der Waals surface area (Å²) in [5.41, 5.74) is 5.09. The lowest BCUT2D eigenvalue weighted by atomic mass is 9.77. The standard InChI is InChI=1S/C50H44N6O3S2/c1-61-48(60)54-42-41(32-58-50(38-26-14-5-15-27-38,39-28-16-6-17-29-39)40-30-18-7-19-31-40)59-47(44(42)57)56-34-53-43-45(51-33-52-46(43)56)55-49(35-20-8-2-9-21-35,36-22-10-3-11-23-36)37-24-12-4-13-25-37/h2-31,33-34,41-42,44,47,57H,32H2,1H3,(H,54,60)(H,51,52,55). The summed E-state index contributed by atoms with van der Waals surface area (Å²) in [7, 11) is 0. The number of imidazole rings is 1. The Morgan fingerprint density at radius 3 is 1.56 bits per heavy atom. The van der Waals surface area contributed by atoms with Crippen molar-refractivity contribution in [2.45, 2.75) is 35.6 Å². The quantitative estimate of drug-likeness (QED) is 0.0770. The highest BCUT2D eigenvalue weighted by atomic mass is 32.2. The molecule has 0 aliphatic carbocycles. The summed E-state index contributed by atoms with van der Waals surface area (Å²) in [5.74, 6) is 0.518. The molecule has 2 aromatic heterocycles. The van der Waals surface area contributed by atoms with Crippen LogP contribution in [0.25, 0.3) is 11.2 Å². The molecule has 6 aromatic carbocycles. The lowest BCUT2D eigenvalue weighted by molar-refractivity contribution is -0.0863. The fraction of sp³-hybridized carbons (Fsp3) is 0.160. The Morgan fingerprint density at radius 2 is 1.11 bits per heavy atom. The van der Waals surface area contributed by atoms with E-state index in [0.717, 1.165) is 33.4 Å². The molecular weight excluding hydrogens is 797 g/mol. The summed E-state index contributed by atoms with van der Waals surface area (Å²) < 4.78 is 16.4. The molecule has 61 heavy (non-hydrogen) atoms. The van der Waals surface area contributed by atoms with Crippen LogP contribution in [0.2, 0.25) is 0 Å². The maximum atomic E-state index is 12.3. The molecule has 0 bridgehead atoms. The van der Waals surface area contributed by atoms with E-state index in [1.807, 2.05) is 115 Å². The molecule has 8 aromatic rings. The number of benzene rings is 6. The molecule has 0 saturated carbocycles. The lowest BCUT2D eigenvalue weighted by Crippen LogP contribution is -2.48. The molecule has 9 rings (SSSR count). The van der Waals surface area contributed by atoms with Crippen molar-refractivity contribution in [3.63, 3.8) is 0 Å². The highest BCUT2D eigenvalue weighted by Gasteiger charge is 2.48. The topological polar surface area (TPSA) is 106 Å². The van der Waals surface area contributed by atoms with Crippen molar-refractivity contribution in [3.8, 4) is 0 Å². The normalized spacial score (nSPS) is 17.9. The van der Waals surface area contributed by atoms with Gasteiger partial charge in [0.15, 0.2) is 23.2 Å². The first kappa shape index (κ1) is 40.2. The number of anilines is 1. The summed E-state index contributed by atoms with van der Waals surface area (Å²) in [4.78, 5) is 14.4. The Morgan fingerprint density at radius 1 is 0.672 bits per heavy atom. The van der Waals surface area contributed by atoms with Crippen LogP contribution in [-0.2, 0) is 20.6 Å². The number of aliphatic hydroxyl groups is 1. The average Bonchev–Trinajstić information content (AvgIpc) is 3.90. The van der Waals surface area contributed by atoms with Gasteiger partial charge in [-0.1, -0.05) is 194 Å². The third-order valence-electron chi connectivity index (χ3n) is 11.4. The van der Waals surface area contributed by atoms with Gasteiger partial charge in [-0.15, -0.1) is 11.8 Å². The number of nitrogens with zero attached hydrogens (tertiary/aromatic N) is 4. The monoisotopic (exact) mass is 840 g/mol. The van der Waals surface area contributed by atoms with E-state index in [1.54, 1.807) is 10.9 Å². The predicted molar refractivity (Wildman–Crippen MR) is 246 cm³/mol. The van der Waals surface area contributed by atoms with Crippen LogP contribution < -0.4 is 10.6 Å². The third kappa shape index (κ3) is 7.60. The average molecular weight is 841 g/mol. The number of thioether (sulfide) groups is 1. The summed E-state index contributed by atoms with van der Waals surface area (Å²) in [6.07, 6.45) is 2.45.